The van der Waals surface area contributed by atoms with Crippen LogP contribution in [0.1, 0.15) is 44.2 Å². The molecule has 1 aromatic rings. The zero-order valence-electron chi connectivity index (χ0n) is 11.7. The number of carbonyl (C=O) groups excluding carboxylic acids is 1. The summed E-state index contributed by atoms with van der Waals surface area (Å²) in [6, 6.07) is 6.18. The van der Waals surface area contributed by atoms with Crippen LogP contribution in [0.25, 0.3) is 5.57 Å². The summed E-state index contributed by atoms with van der Waals surface area (Å²) >= 11 is 0. The second kappa shape index (κ2) is 5.91. The molecule has 19 heavy (non-hydrogen) atoms. The Morgan fingerprint density at radius 2 is 2.26 bits per heavy atom. The Morgan fingerprint density at radius 3 is 2.95 bits per heavy atom. The molecular weight excluding hydrogens is 240 g/mol. The highest BCUT2D eigenvalue weighted by atomic mass is 16.5. The zero-order chi connectivity index (χ0) is 13.8. The lowest BCUT2D eigenvalue weighted by atomic mass is 9.93. The summed E-state index contributed by atoms with van der Waals surface area (Å²) < 4.78 is 10.6. The number of carbonyl (C=O) groups is 1. The van der Waals surface area contributed by atoms with Gasteiger partial charge in [0.05, 0.1) is 13.2 Å². The molecular formula is C16H20O3. The summed E-state index contributed by atoms with van der Waals surface area (Å²) in [6.45, 7) is 7.13. The van der Waals surface area contributed by atoms with Gasteiger partial charge in [0.2, 0.25) is 0 Å². The quantitative estimate of drug-likeness (QED) is 0.616. The van der Waals surface area contributed by atoms with E-state index in [2.05, 4.69) is 26.0 Å². The first kappa shape index (κ1) is 13.7. The van der Waals surface area contributed by atoms with Crippen molar-refractivity contribution in [2.75, 3.05) is 13.2 Å². The molecule has 0 radical (unpaired) electrons. The number of hydrogen-bond donors (Lipinski definition) is 0. The van der Waals surface area contributed by atoms with E-state index in [1.54, 1.807) is 6.08 Å². The average molecular weight is 260 g/mol. The van der Waals surface area contributed by atoms with Crippen LogP contribution < -0.4 is 4.74 Å². The third kappa shape index (κ3) is 3.16. The number of esters is 1. The van der Waals surface area contributed by atoms with Crippen molar-refractivity contribution >= 4 is 11.5 Å². The molecule has 3 nitrogen and oxygen atoms in total. The summed E-state index contributed by atoms with van der Waals surface area (Å²) in [4.78, 5) is 11.6. The zero-order valence-corrected chi connectivity index (χ0v) is 11.7. The number of fused-ring (bicyclic) bond motifs is 1. The van der Waals surface area contributed by atoms with Crippen LogP contribution in [-0.2, 0) is 9.53 Å². The third-order valence-corrected chi connectivity index (χ3v) is 3.22. The minimum Gasteiger partial charge on any atom is -0.493 e. The highest BCUT2D eigenvalue weighted by Gasteiger charge is 2.17. The molecule has 2 rings (SSSR count). The van der Waals surface area contributed by atoms with Crippen LogP contribution in [0.4, 0.5) is 0 Å². The number of rotatable bonds is 3. The standard InChI is InChI=1S/C16H20O3/c1-4-18-16(17)10-13-7-8-19-15-6-5-12(11(2)3)9-14(13)15/h5-6,9-11H,4,7-8H2,1-3H3/b13-10-. The van der Waals surface area contributed by atoms with Gasteiger partial charge in [0.1, 0.15) is 5.75 Å². The van der Waals surface area contributed by atoms with Crippen LogP contribution in [0.5, 0.6) is 5.75 Å². The highest BCUT2D eigenvalue weighted by Crippen LogP contribution is 2.35. The van der Waals surface area contributed by atoms with E-state index in [9.17, 15) is 4.79 Å². The maximum absolute atomic E-state index is 11.6. The van der Waals surface area contributed by atoms with Crippen molar-refractivity contribution in [1.29, 1.82) is 0 Å². The number of benzene rings is 1. The van der Waals surface area contributed by atoms with E-state index in [-0.39, 0.29) is 5.97 Å². The first-order valence-corrected chi connectivity index (χ1v) is 6.76. The van der Waals surface area contributed by atoms with E-state index < -0.39 is 0 Å². The maximum atomic E-state index is 11.6. The summed E-state index contributed by atoms with van der Waals surface area (Å²) in [6.07, 6.45) is 2.34. The van der Waals surface area contributed by atoms with E-state index in [0.29, 0.717) is 19.1 Å². The van der Waals surface area contributed by atoms with Crippen LogP contribution >= 0.6 is 0 Å². The van der Waals surface area contributed by atoms with Crippen LogP contribution in [0.3, 0.4) is 0 Å². The second-order valence-electron chi connectivity index (χ2n) is 4.93. The molecule has 0 saturated heterocycles. The van der Waals surface area contributed by atoms with Crippen LogP contribution in [0.15, 0.2) is 24.3 Å². The largest absolute Gasteiger partial charge is 0.493 e. The Hall–Kier alpha value is -1.77. The fourth-order valence-electron chi connectivity index (χ4n) is 2.17. The fraction of sp³-hybridized carbons (Fsp3) is 0.438. The van der Waals surface area contributed by atoms with Gasteiger partial charge in [-0.05, 0) is 36.1 Å². The van der Waals surface area contributed by atoms with E-state index in [1.165, 1.54) is 5.56 Å². The van der Waals surface area contributed by atoms with Crippen LogP contribution in [0, 0.1) is 0 Å². The Morgan fingerprint density at radius 1 is 1.47 bits per heavy atom. The van der Waals surface area contributed by atoms with Crippen molar-refractivity contribution in [2.45, 2.75) is 33.1 Å². The van der Waals surface area contributed by atoms with Gasteiger partial charge in [-0.3, -0.25) is 0 Å². The molecule has 0 bridgehead atoms. The van der Waals surface area contributed by atoms with Crippen molar-refractivity contribution in [2.24, 2.45) is 0 Å². The van der Waals surface area contributed by atoms with Gasteiger partial charge in [0.15, 0.2) is 0 Å². The second-order valence-corrected chi connectivity index (χ2v) is 4.93. The van der Waals surface area contributed by atoms with Gasteiger partial charge in [0.25, 0.3) is 0 Å². The molecule has 0 atom stereocenters. The number of ether oxygens (including phenoxy) is 2. The molecule has 1 aliphatic heterocycles. The van der Waals surface area contributed by atoms with E-state index in [0.717, 1.165) is 23.3 Å². The van der Waals surface area contributed by atoms with Crippen molar-refractivity contribution in [1.82, 2.24) is 0 Å². The van der Waals surface area contributed by atoms with Crippen molar-refractivity contribution in [3.63, 3.8) is 0 Å². The van der Waals surface area contributed by atoms with Crippen LogP contribution in [-0.4, -0.2) is 19.2 Å². The van der Waals surface area contributed by atoms with Gasteiger partial charge in [-0.25, -0.2) is 4.79 Å². The van der Waals surface area contributed by atoms with Gasteiger partial charge in [-0.2, -0.15) is 0 Å². The molecule has 1 heterocycles. The molecule has 0 aromatic heterocycles. The predicted molar refractivity (Wildman–Crippen MR) is 75.3 cm³/mol. The molecule has 0 saturated carbocycles. The molecule has 0 aliphatic carbocycles. The van der Waals surface area contributed by atoms with E-state index in [1.807, 2.05) is 13.0 Å². The molecule has 0 spiro atoms. The van der Waals surface area contributed by atoms with Crippen LogP contribution in [0.2, 0.25) is 0 Å². The van der Waals surface area contributed by atoms with Crippen molar-refractivity contribution < 1.29 is 14.3 Å². The Bertz CT molecular complexity index is 501. The smallest absolute Gasteiger partial charge is 0.331 e. The predicted octanol–water partition coefficient (Wildman–Crippen LogP) is 3.54. The molecule has 0 fully saturated rings. The lowest BCUT2D eigenvalue weighted by Crippen LogP contribution is -2.10. The minimum absolute atomic E-state index is 0.277. The number of hydrogen-bond acceptors (Lipinski definition) is 3. The van der Waals surface area contributed by atoms with Gasteiger partial charge in [0, 0.05) is 18.1 Å². The highest BCUT2D eigenvalue weighted by molar-refractivity contribution is 5.92. The lowest BCUT2D eigenvalue weighted by molar-refractivity contribution is -0.137. The third-order valence-electron chi connectivity index (χ3n) is 3.22. The van der Waals surface area contributed by atoms with Crippen molar-refractivity contribution in [3.05, 3.63) is 35.4 Å². The van der Waals surface area contributed by atoms with Gasteiger partial charge in [-0.1, -0.05) is 19.9 Å². The summed E-state index contributed by atoms with van der Waals surface area (Å²) in [5.74, 6) is 1.03. The normalized spacial score (nSPS) is 16.1. The van der Waals surface area contributed by atoms with Crippen molar-refractivity contribution in [3.8, 4) is 5.75 Å². The lowest BCUT2D eigenvalue weighted by Gasteiger charge is -2.21. The Labute approximate surface area is 114 Å². The molecule has 102 valence electrons. The molecule has 1 aromatic carbocycles. The Balaban J connectivity index is 2.36. The summed E-state index contributed by atoms with van der Waals surface area (Å²) in [5.41, 5.74) is 3.27. The SMILES string of the molecule is CCOC(=O)/C=C1/CCOc2ccc(C(C)C)cc21. The molecule has 0 N–H and O–H groups in total. The molecule has 0 amide bonds. The van der Waals surface area contributed by atoms with E-state index in [4.69, 9.17) is 9.47 Å². The van der Waals surface area contributed by atoms with E-state index >= 15 is 0 Å². The van der Waals surface area contributed by atoms with Gasteiger partial charge in [-0.15, -0.1) is 0 Å². The first-order valence-electron chi connectivity index (χ1n) is 6.76. The Kier molecular flexibility index (Phi) is 4.25. The topological polar surface area (TPSA) is 35.5 Å². The minimum atomic E-state index is -0.277. The maximum Gasteiger partial charge on any atom is 0.331 e. The monoisotopic (exact) mass is 260 g/mol. The average Bonchev–Trinajstić information content (AvgIpc) is 2.38. The molecule has 3 heteroatoms. The summed E-state index contributed by atoms with van der Waals surface area (Å²) in [7, 11) is 0. The first-order chi connectivity index (χ1) is 9.11. The fourth-order valence-corrected chi connectivity index (χ4v) is 2.17. The summed E-state index contributed by atoms with van der Waals surface area (Å²) in [5, 5.41) is 0. The molecule has 1 aliphatic rings. The van der Waals surface area contributed by atoms with Gasteiger partial charge < -0.3 is 9.47 Å². The molecule has 0 unspecified atom stereocenters. The van der Waals surface area contributed by atoms with Gasteiger partial charge >= 0.3 is 5.97 Å².